The van der Waals surface area contributed by atoms with Crippen LogP contribution in [0.25, 0.3) is 11.1 Å². The van der Waals surface area contributed by atoms with Crippen LogP contribution in [0.4, 0.5) is 13.2 Å². The minimum absolute atomic E-state index is 0.0734. The van der Waals surface area contributed by atoms with E-state index in [-0.39, 0.29) is 18.4 Å². The SMILES string of the molecule is NCC(=O)OCC1c2ccccc2-c2ccccc21.O=C(O)C(F)(F)F. The van der Waals surface area contributed by atoms with E-state index in [9.17, 15) is 18.0 Å². The summed E-state index contributed by atoms with van der Waals surface area (Å²) in [5.41, 5.74) is 10.2. The molecule has 2 aromatic carbocycles. The Morgan fingerprint density at radius 3 is 1.81 bits per heavy atom. The Morgan fingerprint density at radius 1 is 1.00 bits per heavy atom. The van der Waals surface area contributed by atoms with E-state index < -0.39 is 12.1 Å². The number of hydrogen-bond acceptors (Lipinski definition) is 4. The maximum atomic E-state index is 11.2. The highest BCUT2D eigenvalue weighted by atomic mass is 19.4. The van der Waals surface area contributed by atoms with E-state index in [0.717, 1.165) is 0 Å². The molecule has 0 saturated carbocycles. The number of aliphatic carboxylic acids is 1. The first-order valence-electron chi connectivity index (χ1n) is 7.59. The van der Waals surface area contributed by atoms with Crippen molar-refractivity contribution in [1.29, 1.82) is 0 Å². The van der Waals surface area contributed by atoms with Crippen molar-refractivity contribution >= 4 is 11.9 Å². The van der Waals surface area contributed by atoms with Crippen LogP contribution in [0.2, 0.25) is 0 Å². The van der Waals surface area contributed by atoms with E-state index >= 15 is 0 Å². The number of alkyl halides is 3. The van der Waals surface area contributed by atoms with Gasteiger partial charge in [-0.2, -0.15) is 13.2 Å². The van der Waals surface area contributed by atoms with Crippen LogP contribution in [-0.4, -0.2) is 36.4 Å². The molecular weight excluding hydrogens is 351 g/mol. The first kappa shape index (κ1) is 19.5. The molecule has 2 aromatic rings. The maximum Gasteiger partial charge on any atom is 0.490 e. The predicted octanol–water partition coefficient (Wildman–Crippen LogP) is 2.93. The summed E-state index contributed by atoms with van der Waals surface area (Å²) in [4.78, 5) is 20.1. The number of benzene rings is 2. The van der Waals surface area contributed by atoms with Gasteiger partial charge in [0.25, 0.3) is 0 Å². The van der Waals surface area contributed by atoms with Crippen LogP contribution in [0.3, 0.4) is 0 Å². The van der Waals surface area contributed by atoms with Gasteiger partial charge in [-0.25, -0.2) is 4.79 Å². The van der Waals surface area contributed by atoms with Crippen LogP contribution >= 0.6 is 0 Å². The highest BCUT2D eigenvalue weighted by Gasteiger charge is 2.38. The minimum Gasteiger partial charge on any atom is -0.475 e. The fourth-order valence-electron chi connectivity index (χ4n) is 2.67. The summed E-state index contributed by atoms with van der Waals surface area (Å²) in [6, 6.07) is 16.5. The number of fused-ring (bicyclic) bond motifs is 3. The molecular formula is C18H16F3NO4. The quantitative estimate of drug-likeness (QED) is 0.814. The molecule has 0 atom stereocenters. The van der Waals surface area contributed by atoms with Gasteiger partial charge in [-0.3, -0.25) is 4.79 Å². The Bertz CT molecular complexity index is 760. The normalized spacial score (nSPS) is 12.5. The first-order chi connectivity index (χ1) is 12.3. The molecule has 0 saturated heterocycles. The number of carbonyl (C=O) groups excluding carboxylic acids is 1. The van der Waals surface area contributed by atoms with Crippen LogP contribution in [0, 0.1) is 0 Å². The zero-order chi connectivity index (χ0) is 19.3. The molecule has 138 valence electrons. The summed E-state index contributed by atoms with van der Waals surface area (Å²) in [6.45, 7) is 0.278. The van der Waals surface area contributed by atoms with Crippen LogP contribution in [0.15, 0.2) is 48.5 Å². The summed E-state index contributed by atoms with van der Waals surface area (Å²) in [5, 5.41) is 7.12. The second kappa shape index (κ2) is 8.01. The average molecular weight is 367 g/mol. The summed E-state index contributed by atoms with van der Waals surface area (Å²) >= 11 is 0. The van der Waals surface area contributed by atoms with Crippen molar-refractivity contribution in [2.45, 2.75) is 12.1 Å². The summed E-state index contributed by atoms with van der Waals surface area (Å²) in [6.07, 6.45) is -5.08. The highest BCUT2D eigenvalue weighted by Crippen LogP contribution is 2.44. The third kappa shape index (κ3) is 4.40. The Balaban J connectivity index is 0.000000298. The third-order valence-electron chi connectivity index (χ3n) is 3.78. The number of ether oxygens (including phenoxy) is 1. The predicted molar refractivity (Wildman–Crippen MR) is 87.4 cm³/mol. The van der Waals surface area contributed by atoms with E-state index in [1.54, 1.807) is 0 Å². The van der Waals surface area contributed by atoms with Crippen LogP contribution in [0.5, 0.6) is 0 Å². The molecule has 3 N–H and O–H groups in total. The smallest absolute Gasteiger partial charge is 0.475 e. The number of nitrogens with two attached hydrogens (primary N) is 1. The number of carboxylic acids is 1. The zero-order valence-electron chi connectivity index (χ0n) is 13.5. The fourth-order valence-corrected chi connectivity index (χ4v) is 2.67. The molecule has 8 heteroatoms. The molecule has 3 rings (SSSR count). The van der Waals surface area contributed by atoms with Gasteiger partial charge < -0.3 is 15.6 Å². The molecule has 0 heterocycles. The molecule has 0 amide bonds. The van der Waals surface area contributed by atoms with Crippen molar-refractivity contribution < 1.29 is 32.6 Å². The summed E-state index contributed by atoms with van der Waals surface area (Å²) in [7, 11) is 0. The number of rotatable bonds is 3. The van der Waals surface area contributed by atoms with Crippen molar-refractivity contribution in [3.05, 3.63) is 59.7 Å². The van der Waals surface area contributed by atoms with E-state index in [1.165, 1.54) is 22.3 Å². The second-order valence-electron chi connectivity index (χ2n) is 5.42. The topological polar surface area (TPSA) is 89.6 Å². The van der Waals surface area contributed by atoms with E-state index in [1.807, 2.05) is 24.3 Å². The number of carbonyl (C=O) groups is 2. The van der Waals surface area contributed by atoms with Crippen molar-refractivity contribution in [2.24, 2.45) is 5.73 Å². The number of carboxylic acid groups (broad SMARTS) is 1. The number of esters is 1. The van der Waals surface area contributed by atoms with Crippen molar-refractivity contribution in [3.63, 3.8) is 0 Å². The zero-order valence-corrected chi connectivity index (χ0v) is 13.5. The van der Waals surface area contributed by atoms with Crippen LogP contribution < -0.4 is 5.73 Å². The minimum atomic E-state index is -5.08. The molecule has 5 nitrogen and oxygen atoms in total. The van der Waals surface area contributed by atoms with E-state index in [2.05, 4.69) is 24.3 Å². The summed E-state index contributed by atoms with van der Waals surface area (Å²) in [5.74, 6) is -3.00. The number of hydrogen-bond donors (Lipinski definition) is 2. The molecule has 0 aliphatic heterocycles. The van der Waals surface area contributed by atoms with Gasteiger partial charge in [0.15, 0.2) is 0 Å². The van der Waals surface area contributed by atoms with Gasteiger partial charge in [-0.05, 0) is 22.3 Å². The maximum absolute atomic E-state index is 11.2. The lowest BCUT2D eigenvalue weighted by atomic mass is 9.98. The lowest BCUT2D eigenvalue weighted by Crippen LogP contribution is -2.21. The molecule has 0 bridgehead atoms. The van der Waals surface area contributed by atoms with Gasteiger partial charge in [0, 0.05) is 5.92 Å². The lowest BCUT2D eigenvalue weighted by Gasteiger charge is -2.13. The van der Waals surface area contributed by atoms with Crippen molar-refractivity contribution in [1.82, 2.24) is 0 Å². The van der Waals surface area contributed by atoms with Crippen molar-refractivity contribution in [3.8, 4) is 11.1 Å². The standard InChI is InChI=1S/C16H15NO2.C2HF3O2/c17-9-16(18)19-10-15-13-7-3-1-5-11(13)12-6-2-4-8-14(12)15;3-2(4,5)1(6)7/h1-8,15H,9-10,17H2;(H,6,7). The Labute approximate surface area is 147 Å². The Hall–Kier alpha value is -2.87. The largest absolute Gasteiger partial charge is 0.490 e. The first-order valence-corrected chi connectivity index (χ1v) is 7.59. The van der Waals surface area contributed by atoms with Crippen LogP contribution in [-0.2, 0) is 14.3 Å². The molecule has 0 radical (unpaired) electrons. The van der Waals surface area contributed by atoms with Gasteiger partial charge in [-0.1, -0.05) is 48.5 Å². The lowest BCUT2D eigenvalue weighted by molar-refractivity contribution is -0.192. The molecule has 0 spiro atoms. The van der Waals surface area contributed by atoms with Gasteiger partial charge in [0.05, 0.1) is 6.54 Å². The molecule has 0 fully saturated rings. The monoisotopic (exact) mass is 367 g/mol. The number of halogens is 3. The average Bonchev–Trinajstić information content (AvgIpc) is 2.93. The van der Waals surface area contributed by atoms with E-state index in [0.29, 0.717) is 6.61 Å². The van der Waals surface area contributed by atoms with E-state index in [4.69, 9.17) is 20.4 Å². The third-order valence-corrected chi connectivity index (χ3v) is 3.78. The van der Waals surface area contributed by atoms with Crippen LogP contribution in [0.1, 0.15) is 17.0 Å². The van der Waals surface area contributed by atoms with Gasteiger partial charge >= 0.3 is 18.1 Å². The molecule has 1 aliphatic carbocycles. The molecule has 0 unspecified atom stereocenters. The molecule has 26 heavy (non-hydrogen) atoms. The Kier molecular flexibility index (Phi) is 5.99. The van der Waals surface area contributed by atoms with Crippen molar-refractivity contribution in [2.75, 3.05) is 13.2 Å². The van der Waals surface area contributed by atoms with Gasteiger partial charge in [0.1, 0.15) is 6.61 Å². The summed E-state index contributed by atoms with van der Waals surface area (Å²) < 4.78 is 37.0. The fraction of sp³-hybridized carbons (Fsp3) is 0.222. The molecule has 1 aliphatic rings. The van der Waals surface area contributed by atoms with Gasteiger partial charge in [-0.15, -0.1) is 0 Å². The highest BCUT2D eigenvalue weighted by molar-refractivity contribution is 5.79. The molecule has 0 aromatic heterocycles. The Morgan fingerprint density at radius 2 is 1.42 bits per heavy atom. The van der Waals surface area contributed by atoms with Gasteiger partial charge in [0.2, 0.25) is 0 Å². The second-order valence-corrected chi connectivity index (χ2v) is 5.42.